The Morgan fingerprint density at radius 2 is 2.06 bits per heavy atom. The average molecular weight is 263 g/mol. The lowest BCUT2D eigenvalue weighted by Gasteiger charge is -2.23. The van der Waals surface area contributed by atoms with Crippen LogP contribution in [0.5, 0.6) is 0 Å². The van der Waals surface area contributed by atoms with Crippen LogP contribution in [0, 0.1) is 0 Å². The van der Waals surface area contributed by atoms with Gasteiger partial charge in [0.1, 0.15) is 0 Å². The average Bonchev–Trinajstić information content (AvgIpc) is 2.23. The number of carbonyl (C=O) groups is 1. The van der Waals surface area contributed by atoms with Gasteiger partial charge in [-0.1, -0.05) is 29.3 Å². The molecule has 0 bridgehead atoms. The second-order valence-corrected chi connectivity index (χ2v) is 4.48. The maximum Gasteiger partial charge on any atom is 0.336 e. The van der Waals surface area contributed by atoms with E-state index in [0.29, 0.717) is 10.0 Å². The zero-order valence-electron chi connectivity index (χ0n) is 8.96. The number of methoxy groups -OCH3 is 1. The van der Waals surface area contributed by atoms with E-state index in [-0.39, 0.29) is 6.42 Å². The number of halogens is 2. The molecule has 88 valence electrons. The highest BCUT2D eigenvalue weighted by molar-refractivity contribution is 6.42. The highest BCUT2D eigenvalue weighted by Crippen LogP contribution is 2.25. The molecule has 1 aromatic carbocycles. The third-order valence-corrected chi connectivity index (χ3v) is 3.17. The van der Waals surface area contributed by atoms with Gasteiger partial charge in [-0.2, -0.15) is 0 Å². The standard InChI is InChI=1S/C11H12Cl2O3/c1-11(16-2,10(14)15)6-7-3-4-8(12)9(13)5-7/h3-5H,6H2,1-2H3,(H,14,15). The Kier molecular flexibility index (Phi) is 4.19. The maximum atomic E-state index is 11.0. The molecular weight excluding hydrogens is 251 g/mol. The fraction of sp³-hybridized carbons (Fsp3) is 0.364. The molecule has 0 aliphatic heterocycles. The van der Waals surface area contributed by atoms with E-state index in [1.165, 1.54) is 14.0 Å². The highest BCUT2D eigenvalue weighted by Gasteiger charge is 2.33. The van der Waals surface area contributed by atoms with Gasteiger partial charge in [0.25, 0.3) is 0 Å². The van der Waals surface area contributed by atoms with Gasteiger partial charge in [0.15, 0.2) is 5.60 Å². The van der Waals surface area contributed by atoms with Crippen molar-refractivity contribution in [3.63, 3.8) is 0 Å². The first-order valence-electron chi connectivity index (χ1n) is 4.61. The molecule has 0 saturated heterocycles. The number of hydrogen-bond donors (Lipinski definition) is 1. The highest BCUT2D eigenvalue weighted by atomic mass is 35.5. The van der Waals surface area contributed by atoms with Gasteiger partial charge in [-0.25, -0.2) is 4.79 Å². The third kappa shape index (κ3) is 2.88. The third-order valence-electron chi connectivity index (χ3n) is 2.43. The Morgan fingerprint density at radius 3 is 2.50 bits per heavy atom. The predicted octanol–water partition coefficient (Wildman–Crippen LogP) is 3.03. The zero-order valence-corrected chi connectivity index (χ0v) is 10.5. The van der Waals surface area contributed by atoms with Crippen LogP contribution in [-0.4, -0.2) is 23.8 Å². The molecule has 0 radical (unpaired) electrons. The van der Waals surface area contributed by atoms with Gasteiger partial charge in [-0.05, 0) is 24.6 Å². The van der Waals surface area contributed by atoms with Crippen LogP contribution in [0.15, 0.2) is 18.2 Å². The molecular formula is C11H12Cl2O3. The van der Waals surface area contributed by atoms with Crippen LogP contribution in [0.4, 0.5) is 0 Å². The van der Waals surface area contributed by atoms with E-state index in [1.807, 2.05) is 0 Å². The van der Waals surface area contributed by atoms with Gasteiger partial charge in [0.05, 0.1) is 10.0 Å². The fourth-order valence-electron chi connectivity index (χ4n) is 1.27. The van der Waals surface area contributed by atoms with Crippen molar-refractivity contribution in [1.29, 1.82) is 0 Å². The van der Waals surface area contributed by atoms with E-state index in [2.05, 4.69) is 0 Å². The molecule has 0 amide bonds. The number of hydrogen-bond acceptors (Lipinski definition) is 2. The lowest BCUT2D eigenvalue weighted by Crippen LogP contribution is -2.39. The van der Waals surface area contributed by atoms with E-state index >= 15 is 0 Å². The summed E-state index contributed by atoms with van der Waals surface area (Å²) in [5.41, 5.74) is -0.488. The van der Waals surface area contributed by atoms with Crippen LogP contribution in [0.1, 0.15) is 12.5 Å². The van der Waals surface area contributed by atoms with E-state index < -0.39 is 11.6 Å². The Morgan fingerprint density at radius 1 is 1.44 bits per heavy atom. The van der Waals surface area contributed by atoms with Gasteiger partial charge >= 0.3 is 5.97 Å². The lowest BCUT2D eigenvalue weighted by atomic mass is 9.96. The maximum absolute atomic E-state index is 11.0. The minimum absolute atomic E-state index is 0.232. The second kappa shape index (κ2) is 5.04. The Bertz CT molecular complexity index is 406. The number of ether oxygens (including phenoxy) is 1. The first-order valence-corrected chi connectivity index (χ1v) is 5.37. The van der Waals surface area contributed by atoms with Crippen molar-refractivity contribution in [2.75, 3.05) is 7.11 Å². The Balaban J connectivity index is 2.95. The van der Waals surface area contributed by atoms with Crippen molar-refractivity contribution in [3.8, 4) is 0 Å². The topological polar surface area (TPSA) is 46.5 Å². The van der Waals surface area contributed by atoms with Crippen LogP contribution in [0.3, 0.4) is 0 Å². The smallest absolute Gasteiger partial charge is 0.336 e. The van der Waals surface area contributed by atoms with Gasteiger partial charge in [-0.3, -0.25) is 0 Å². The van der Waals surface area contributed by atoms with Crippen molar-refractivity contribution >= 4 is 29.2 Å². The Labute approximate surface area is 104 Å². The summed E-state index contributed by atoms with van der Waals surface area (Å²) in [5, 5.41) is 9.88. The molecule has 1 unspecified atom stereocenters. The monoisotopic (exact) mass is 262 g/mol. The molecule has 3 nitrogen and oxygen atoms in total. The molecule has 0 saturated carbocycles. The number of benzene rings is 1. The largest absolute Gasteiger partial charge is 0.479 e. The van der Waals surface area contributed by atoms with Crippen molar-refractivity contribution in [1.82, 2.24) is 0 Å². The first-order chi connectivity index (χ1) is 7.39. The summed E-state index contributed by atoms with van der Waals surface area (Å²) in [6.07, 6.45) is 0.232. The van der Waals surface area contributed by atoms with Crippen molar-refractivity contribution in [2.45, 2.75) is 18.9 Å². The SMILES string of the molecule is COC(C)(Cc1ccc(Cl)c(Cl)c1)C(=O)O. The normalized spacial score (nSPS) is 14.5. The van der Waals surface area contributed by atoms with Gasteiger partial charge < -0.3 is 9.84 Å². The van der Waals surface area contributed by atoms with Crippen molar-refractivity contribution < 1.29 is 14.6 Å². The molecule has 0 aliphatic rings. The zero-order chi connectivity index (χ0) is 12.3. The summed E-state index contributed by atoms with van der Waals surface area (Å²) >= 11 is 11.6. The summed E-state index contributed by atoms with van der Waals surface area (Å²) in [7, 11) is 1.37. The molecule has 0 fully saturated rings. The number of aliphatic carboxylic acids is 1. The van der Waals surface area contributed by atoms with Crippen LogP contribution < -0.4 is 0 Å². The van der Waals surface area contributed by atoms with Crippen LogP contribution in [0.2, 0.25) is 10.0 Å². The predicted molar refractivity (Wildman–Crippen MR) is 63.2 cm³/mol. The molecule has 1 N–H and O–H groups in total. The quantitative estimate of drug-likeness (QED) is 0.908. The van der Waals surface area contributed by atoms with E-state index in [4.69, 9.17) is 33.0 Å². The van der Waals surface area contributed by atoms with Crippen molar-refractivity contribution in [2.24, 2.45) is 0 Å². The molecule has 0 aromatic heterocycles. The van der Waals surface area contributed by atoms with E-state index in [9.17, 15) is 4.79 Å². The summed E-state index contributed by atoms with van der Waals surface area (Å²) in [6.45, 7) is 1.51. The number of carboxylic acids is 1. The summed E-state index contributed by atoms with van der Waals surface area (Å²) in [6, 6.07) is 5.01. The molecule has 0 spiro atoms. The van der Waals surface area contributed by atoms with Crippen LogP contribution in [-0.2, 0) is 16.0 Å². The minimum Gasteiger partial charge on any atom is -0.479 e. The van der Waals surface area contributed by atoms with E-state index in [0.717, 1.165) is 5.56 Å². The lowest BCUT2D eigenvalue weighted by molar-refractivity contribution is -0.159. The number of rotatable bonds is 4. The van der Waals surface area contributed by atoms with Crippen LogP contribution in [0.25, 0.3) is 0 Å². The van der Waals surface area contributed by atoms with Gasteiger partial charge in [0.2, 0.25) is 0 Å². The molecule has 1 rings (SSSR count). The van der Waals surface area contributed by atoms with Crippen LogP contribution >= 0.6 is 23.2 Å². The molecule has 1 aromatic rings. The van der Waals surface area contributed by atoms with Crippen molar-refractivity contribution in [3.05, 3.63) is 33.8 Å². The molecule has 0 heterocycles. The van der Waals surface area contributed by atoms with Gasteiger partial charge in [-0.15, -0.1) is 0 Å². The van der Waals surface area contributed by atoms with E-state index in [1.54, 1.807) is 18.2 Å². The number of carboxylic acid groups (broad SMARTS) is 1. The molecule has 16 heavy (non-hydrogen) atoms. The minimum atomic E-state index is -1.25. The molecule has 5 heteroatoms. The molecule has 0 aliphatic carbocycles. The fourth-order valence-corrected chi connectivity index (χ4v) is 1.59. The summed E-state index contributed by atoms with van der Waals surface area (Å²) in [5.74, 6) is -1.01. The van der Waals surface area contributed by atoms with Gasteiger partial charge in [0, 0.05) is 13.5 Å². The Hall–Kier alpha value is -0.770. The second-order valence-electron chi connectivity index (χ2n) is 3.67. The first kappa shape index (κ1) is 13.3. The summed E-state index contributed by atoms with van der Waals surface area (Å²) < 4.78 is 5.00. The molecule has 1 atom stereocenters. The summed E-state index contributed by atoms with van der Waals surface area (Å²) in [4.78, 5) is 11.0.